The van der Waals surface area contributed by atoms with Crippen molar-refractivity contribution in [2.45, 2.75) is 30.7 Å². The van der Waals surface area contributed by atoms with E-state index in [1.54, 1.807) is 0 Å². The molecule has 0 amide bonds. The molecule has 3 aliphatic rings. The molecule has 6 rings (SSSR count). The third-order valence-electron chi connectivity index (χ3n) is 6.44. The molecule has 0 aromatic heterocycles. The van der Waals surface area contributed by atoms with Gasteiger partial charge in [-0.05, 0) is 59.5 Å². The van der Waals surface area contributed by atoms with Crippen molar-refractivity contribution >= 4 is 0 Å². The molecule has 3 heterocycles. The lowest BCUT2D eigenvalue weighted by molar-refractivity contribution is 0.263. The van der Waals surface area contributed by atoms with Crippen molar-refractivity contribution in [3.63, 3.8) is 0 Å². The largest absolute Gasteiger partial charge is 0.491 e. The van der Waals surface area contributed by atoms with E-state index in [4.69, 9.17) is 28.4 Å². The van der Waals surface area contributed by atoms with Crippen molar-refractivity contribution in [2.24, 2.45) is 0 Å². The van der Waals surface area contributed by atoms with Crippen LogP contribution in [0.5, 0.6) is 17.2 Å². The Hall–Kier alpha value is -3.06. The summed E-state index contributed by atoms with van der Waals surface area (Å²) in [4.78, 5) is 0. The summed E-state index contributed by atoms with van der Waals surface area (Å²) in [7, 11) is 0. The standard InChI is InChI=1S/C29H30O6/c1-7-23(30-14-26-17-33-26)8-2-20(1)13-29(21-3-9-24(10-4-21)31-15-27-18-34-27)22-5-11-25(12-6-22)32-16-28-19-35-28/h1-12,26-29H,13-19H2. The highest BCUT2D eigenvalue weighted by Crippen LogP contribution is 2.32. The molecule has 3 aromatic rings. The quantitative estimate of drug-likeness (QED) is 0.342. The second-order valence-corrected chi connectivity index (χ2v) is 9.34. The summed E-state index contributed by atoms with van der Waals surface area (Å²) in [5, 5.41) is 0. The van der Waals surface area contributed by atoms with Crippen LogP contribution in [0.15, 0.2) is 72.8 Å². The van der Waals surface area contributed by atoms with Crippen molar-refractivity contribution in [3.8, 4) is 17.2 Å². The van der Waals surface area contributed by atoms with Crippen molar-refractivity contribution in [1.82, 2.24) is 0 Å². The van der Waals surface area contributed by atoms with Crippen LogP contribution < -0.4 is 14.2 Å². The van der Waals surface area contributed by atoms with Crippen LogP contribution in [-0.2, 0) is 20.6 Å². The van der Waals surface area contributed by atoms with Gasteiger partial charge in [0.05, 0.1) is 19.8 Å². The molecule has 0 N–H and O–H groups in total. The molecule has 0 radical (unpaired) electrons. The van der Waals surface area contributed by atoms with E-state index in [0.717, 1.165) is 43.5 Å². The third-order valence-corrected chi connectivity index (χ3v) is 6.44. The minimum absolute atomic E-state index is 0.197. The van der Waals surface area contributed by atoms with E-state index in [2.05, 4.69) is 60.7 Å². The van der Waals surface area contributed by atoms with Crippen LogP contribution in [0.3, 0.4) is 0 Å². The van der Waals surface area contributed by atoms with Crippen molar-refractivity contribution < 1.29 is 28.4 Å². The van der Waals surface area contributed by atoms with Gasteiger partial charge in [0.1, 0.15) is 55.4 Å². The fourth-order valence-electron chi connectivity index (χ4n) is 4.04. The molecule has 3 aromatic carbocycles. The molecule has 0 aliphatic carbocycles. The lowest BCUT2D eigenvalue weighted by Gasteiger charge is -2.20. The average molecular weight is 475 g/mol. The molecule has 35 heavy (non-hydrogen) atoms. The van der Waals surface area contributed by atoms with Gasteiger partial charge in [-0.3, -0.25) is 0 Å². The molecular formula is C29H30O6. The molecule has 3 atom stereocenters. The van der Waals surface area contributed by atoms with E-state index in [1.807, 2.05) is 12.1 Å². The fraction of sp³-hybridized carbons (Fsp3) is 0.379. The van der Waals surface area contributed by atoms with E-state index >= 15 is 0 Å². The summed E-state index contributed by atoms with van der Waals surface area (Å²) in [6, 6.07) is 25.2. The molecule has 3 aliphatic heterocycles. The summed E-state index contributed by atoms with van der Waals surface area (Å²) >= 11 is 0. The summed E-state index contributed by atoms with van der Waals surface area (Å²) in [6.45, 7) is 4.23. The molecule has 0 bridgehead atoms. The van der Waals surface area contributed by atoms with Gasteiger partial charge < -0.3 is 28.4 Å². The molecule has 6 heteroatoms. The highest BCUT2D eigenvalue weighted by Gasteiger charge is 2.25. The van der Waals surface area contributed by atoms with Crippen LogP contribution in [-0.4, -0.2) is 58.0 Å². The molecule has 3 saturated heterocycles. The number of hydrogen-bond acceptors (Lipinski definition) is 6. The Bertz CT molecular complexity index is 1020. The van der Waals surface area contributed by atoms with Crippen LogP contribution in [0.2, 0.25) is 0 Å². The Morgan fingerprint density at radius 2 is 0.886 bits per heavy atom. The minimum atomic E-state index is 0.197. The normalized spacial score (nSPS) is 22.8. The summed E-state index contributed by atoms with van der Waals surface area (Å²) in [6.07, 6.45) is 1.63. The first-order valence-corrected chi connectivity index (χ1v) is 12.3. The maximum absolute atomic E-state index is 5.84. The fourth-order valence-corrected chi connectivity index (χ4v) is 4.04. The molecule has 3 fully saturated rings. The number of benzene rings is 3. The smallest absolute Gasteiger partial charge is 0.119 e. The van der Waals surface area contributed by atoms with Crippen LogP contribution >= 0.6 is 0 Å². The SMILES string of the molecule is c1cc(OCC2CO2)ccc1CC(c1ccc(OCC2CO2)cc1)c1ccc(OCC2CO2)cc1. The van der Waals surface area contributed by atoms with Gasteiger partial charge in [0, 0.05) is 5.92 Å². The second kappa shape index (κ2) is 10.3. The highest BCUT2D eigenvalue weighted by atomic mass is 16.6. The first kappa shape index (κ1) is 22.4. The monoisotopic (exact) mass is 474 g/mol. The van der Waals surface area contributed by atoms with Gasteiger partial charge in [-0.1, -0.05) is 36.4 Å². The van der Waals surface area contributed by atoms with Crippen LogP contribution in [0, 0.1) is 0 Å². The van der Waals surface area contributed by atoms with E-state index < -0.39 is 0 Å². The summed E-state index contributed by atoms with van der Waals surface area (Å²) < 4.78 is 33.2. The molecule has 0 saturated carbocycles. The minimum Gasteiger partial charge on any atom is -0.491 e. The van der Waals surface area contributed by atoms with E-state index in [-0.39, 0.29) is 24.2 Å². The van der Waals surface area contributed by atoms with Gasteiger partial charge in [-0.15, -0.1) is 0 Å². The molecular weight excluding hydrogens is 444 g/mol. The van der Waals surface area contributed by atoms with Crippen LogP contribution in [0.4, 0.5) is 0 Å². The molecule has 0 spiro atoms. The van der Waals surface area contributed by atoms with Gasteiger partial charge >= 0.3 is 0 Å². The first-order chi connectivity index (χ1) is 17.3. The highest BCUT2D eigenvalue weighted by molar-refractivity contribution is 5.40. The zero-order valence-electron chi connectivity index (χ0n) is 19.6. The summed E-state index contributed by atoms with van der Waals surface area (Å²) in [5.41, 5.74) is 3.74. The lowest BCUT2D eigenvalue weighted by atomic mass is 9.86. The zero-order valence-corrected chi connectivity index (χ0v) is 19.6. The zero-order chi connectivity index (χ0) is 23.5. The molecule has 6 nitrogen and oxygen atoms in total. The Balaban J connectivity index is 1.17. The lowest BCUT2D eigenvalue weighted by Crippen LogP contribution is -2.08. The number of ether oxygens (including phenoxy) is 6. The Morgan fingerprint density at radius 1 is 0.543 bits per heavy atom. The molecule has 3 unspecified atom stereocenters. The Kier molecular flexibility index (Phi) is 6.58. The summed E-state index contributed by atoms with van der Waals surface area (Å²) in [5.74, 6) is 2.82. The topological polar surface area (TPSA) is 65.3 Å². The maximum Gasteiger partial charge on any atom is 0.119 e. The number of rotatable bonds is 13. The van der Waals surface area contributed by atoms with E-state index in [9.17, 15) is 0 Å². The van der Waals surface area contributed by atoms with Gasteiger partial charge in [-0.2, -0.15) is 0 Å². The Labute approximate surface area is 205 Å². The predicted molar refractivity (Wildman–Crippen MR) is 131 cm³/mol. The van der Waals surface area contributed by atoms with Crippen molar-refractivity contribution in [3.05, 3.63) is 89.5 Å². The van der Waals surface area contributed by atoms with Crippen molar-refractivity contribution in [1.29, 1.82) is 0 Å². The van der Waals surface area contributed by atoms with Crippen LogP contribution in [0.1, 0.15) is 22.6 Å². The van der Waals surface area contributed by atoms with Gasteiger partial charge in [0.15, 0.2) is 0 Å². The average Bonchev–Trinajstić information content (AvgIpc) is 3.76. The van der Waals surface area contributed by atoms with Gasteiger partial charge in [-0.25, -0.2) is 0 Å². The Morgan fingerprint density at radius 3 is 1.23 bits per heavy atom. The third kappa shape index (κ3) is 6.54. The number of hydrogen-bond donors (Lipinski definition) is 0. The second-order valence-electron chi connectivity index (χ2n) is 9.34. The van der Waals surface area contributed by atoms with E-state index in [1.165, 1.54) is 16.7 Å². The predicted octanol–water partition coefficient (Wildman–Crippen LogP) is 4.39. The van der Waals surface area contributed by atoms with Crippen molar-refractivity contribution in [2.75, 3.05) is 39.6 Å². The molecule has 182 valence electrons. The number of epoxide rings is 3. The van der Waals surface area contributed by atoms with Gasteiger partial charge in [0.2, 0.25) is 0 Å². The maximum atomic E-state index is 5.84. The van der Waals surface area contributed by atoms with Gasteiger partial charge in [0.25, 0.3) is 0 Å². The first-order valence-electron chi connectivity index (χ1n) is 12.3. The van der Waals surface area contributed by atoms with Crippen LogP contribution in [0.25, 0.3) is 0 Å². The van der Waals surface area contributed by atoms with E-state index in [0.29, 0.717) is 19.8 Å².